The van der Waals surface area contributed by atoms with E-state index in [0.29, 0.717) is 0 Å². The van der Waals surface area contributed by atoms with Crippen LogP contribution in [0.25, 0.3) is 0 Å². The highest BCUT2D eigenvalue weighted by Gasteiger charge is 2.57. The SMILES string of the molecule is C[C@]1(c2ccccc2F)N=C(N)O[C@@H]2CC(F)(F)C[C@@H]21. The second-order valence-corrected chi connectivity index (χ2v) is 5.60. The third kappa shape index (κ3) is 1.94. The van der Waals surface area contributed by atoms with Crippen LogP contribution in [0, 0.1) is 11.7 Å². The molecule has 3 nitrogen and oxygen atoms in total. The zero-order chi connectivity index (χ0) is 14.5. The standard InChI is InChI=1S/C14H15F3N2O/c1-13(8-4-2-3-5-10(8)15)9-6-14(16,17)7-11(9)20-12(18)19-13/h2-5,9,11H,6-7H2,1H3,(H2,18,19)/t9-,11+,13+/m0/s1. The van der Waals surface area contributed by atoms with Crippen molar-refractivity contribution in [2.45, 2.75) is 37.3 Å². The molecule has 1 aliphatic heterocycles. The number of nitrogens with two attached hydrogens (primary N) is 1. The first-order valence-electron chi connectivity index (χ1n) is 6.47. The van der Waals surface area contributed by atoms with Crippen molar-refractivity contribution in [1.82, 2.24) is 0 Å². The van der Waals surface area contributed by atoms with Crippen molar-refractivity contribution in [3.8, 4) is 0 Å². The summed E-state index contributed by atoms with van der Waals surface area (Å²) in [7, 11) is 0. The lowest BCUT2D eigenvalue weighted by atomic mass is 9.77. The lowest BCUT2D eigenvalue weighted by Crippen LogP contribution is -2.45. The van der Waals surface area contributed by atoms with Gasteiger partial charge in [-0.05, 0) is 13.0 Å². The summed E-state index contributed by atoms with van der Waals surface area (Å²) in [5, 5.41) is 0. The van der Waals surface area contributed by atoms with Crippen molar-refractivity contribution in [2.75, 3.05) is 0 Å². The first kappa shape index (κ1) is 13.3. The van der Waals surface area contributed by atoms with Crippen LogP contribution < -0.4 is 5.73 Å². The minimum absolute atomic E-state index is 0.158. The molecule has 1 aromatic rings. The van der Waals surface area contributed by atoms with Gasteiger partial charge in [-0.25, -0.2) is 18.2 Å². The van der Waals surface area contributed by atoms with E-state index in [4.69, 9.17) is 10.5 Å². The van der Waals surface area contributed by atoms with Crippen LogP contribution in [0.2, 0.25) is 0 Å². The normalized spacial score (nSPS) is 35.1. The number of hydrogen-bond acceptors (Lipinski definition) is 3. The van der Waals surface area contributed by atoms with Crippen molar-refractivity contribution in [1.29, 1.82) is 0 Å². The predicted octanol–water partition coefficient (Wildman–Crippen LogP) is 2.80. The zero-order valence-electron chi connectivity index (χ0n) is 10.9. The number of aliphatic imine (C=N–C) groups is 1. The van der Waals surface area contributed by atoms with Gasteiger partial charge in [0.15, 0.2) is 0 Å². The fourth-order valence-electron chi connectivity index (χ4n) is 3.28. The molecule has 2 N–H and O–H groups in total. The predicted molar refractivity (Wildman–Crippen MR) is 67.9 cm³/mol. The van der Waals surface area contributed by atoms with Gasteiger partial charge in [-0.3, -0.25) is 0 Å². The summed E-state index contributed by atoms with van der Waals surface area (Å²) in [6.45, 7) is 1.64. The molecule has 3 rings (SSSR count). The van der Waals surface area contributed by atoms with Gasteiger partial charge in [0, 0.05) is 24.3 Å². The molecule has 0 unspecified atom stereocenters. The van der Waals surface area contributed by atoms with Crippen LogP contribution in [-0.2, 0) is 10.3 Å². The van der Waals surface area contributed by atoms with Gasteiger partial charge in [0.2, 0.25) is 0 Å². The lowest BCUT2D eigenvalue weighted by Gasteiger charge is -2.39. The Labute approximate surface area is 114 Å². The summed E-state index contributed by atoms with van der Waals surface area (Å²) in [6.07, 6.45) is -1.51. The number of ether oxygens (including phenoxy) is 1. The third-order valence-corrected chi connectivity index (χ3v) is 4.22. The number of alkyl halides is 2. The van der Waals surface area contributed by atoms with Crippen LogP contribution in [-0.4, -0.2) is 18.0 Å². The average Bonchev–Trinajstić information content (AvgIpc) is 2.64. The van der Waals surface area contributed by atoms with Crippen molar-refractivity contribution in [2.24, 2.45) is 16.6 Å². The highest BCUT2D eigenvalue weighted by Crippen LogP contribution is 2.52. The molecular formula is C14H15F3N2O. The molecule has 0 aromatic heterocycles. The van der Waals surface area contributed by atoms with Gasteiger partial charge < -0.3 is 10.5 Å². The number of fused-ring (bicyclic) bond motifs is 1. The number of benzene rings is 1. The molecular weight excluding hydrogens is 269 g/mol. The molecule has 1 heterocycles. The van der Waals surface area contributed by atoms with Gasteiger partial charge in [0.25, 0.3) is 11.9 Å². The van der Waals surface area contributed by atoms with E-state index in [-0.39, 0.29) is 18.0 Å². The van der Waals surface area contributed by atoms with Crippen molar-refractivity contribution < 1.29 is 17.9 Å². The minimum Gasteiger partial charge on any atom is -0.461 e. The third-order valence-electron chi connectivity index (χ3n) is 4.22. The number of nitrogens with zero attached hydrogens (tertiary/aromatic N) is 1. The highest BCUT2D eigenvalue weighted by atomic mass is 19.3. The zero-order valence-corrected chi connectivity index (χ0v) is 10.9. The van der Waals surface area contributed by atoms with E-state index in [1.54, 1.807) is 25.1 Å². The summed E-state index contributed by atoms with van der Waals surface area (Å²) >= 11 is 0. The van der Waals surface area contributed by atoms with E-state index in [9.17, 15) is 13.2 Å². The summed E-state index contributed by atoms with van der Waals surface area (Å²) in [5.41, 5.74) is 4.75. The Kier molecular flexibility index (Phi) is 2.74. The van der Waals surface area contributed by atoms with E-state index in [2.05, 4.69) is 4.99 Å². The molecule has 2 aliphatic rings. The van der Waals surface area contributed by atoms with E-state index in [1.165, 1.54) is 6.07 Å². The van der Waals surface area contributed by atoms with Crippen LogP contribution in [0.3, 0.4) is 0 Å². The summed E-state index contributed by atoms with van der Waals surface area (Å²) < 4.78 is 46.6. The average molecular weight is 284 g/mol. The number of amidine groups is 1. The van der Waals surface area contributed by atoms with Crippen LogP contribution in [0.15, 0.2) is 29.3 Å². The van der Waals surface area contributed by atoms with Crippen molar-refractivity contribution >= 4 is 6.02 Å². The monoisotopic (exact) mass is 284 g/mol. The van der Waals surface area contributed by atoms with Crippen LogP contribution >= 0.6 is 0 Å². The highest BCUT2D eigenvalue weighted by molar-refractivity contribution is 5.73. The van der Waals surface area contributed by atoms with Gasteiger partial charge in [0.05, 0.1) is 5.54 Å². The van der Waals surface area contributed by atoms with E-state index >= 15 is 0 Å². The van der Waals surface area contributed by atoms with Gasteiger partial charge in [-0.15, -0.1) is 0 Å². The molecule has 20 heavy (non-hydrogen) atoms. The summed E-state index contributed by atoms with van der Waals surface area (Å²) in [5.74, 6) is -3.90. The van der Waals surface area contributed by atoms with Gasteiger partial charge in [0.1, 0.15) is 11.9 Å². The van der Waals surface area contributed by atoms with Gasteiger partial charge >= 0.3 is 0 Å². The molecule has 0 radical (unpaired) electrons. The Balaban J connectivity index is 2.10. The van der Waals surface area contributed by atoms with Crippen LogP contribution in [0.4, 0.5) is 13.2 Å². The smallest absolute Gasteiger partial charge is 0.283 e. The maximum atomic E-state index is 14.1. The minimum atomic E-state index is -2.83. The fourth-order valence-corrected chi connectivity index (χ4v) is 3.28. The van der Waals surface area contributed by atoms with E-state index in [0.717, 1.165) is 0 Å². The van der Waals surface area contributed by atoms with E-state index in [1.807, 2.05) is 0 Å². The second kappa shape index (κ2) is 4.14. The number of rotatable bonds is 1. The maximum Gasteiger partial charge on any atom is 0.283 e. The lowest BCUT2D eigenvalue weighted by molar-refractivity contribution is -0.00277. The summed E-state index contributed by atoms with van der Waals surface area (Å²) in [6, 6.07) is 5.91. The molecule has 1 aromatic carbocycles. The molecule has 0 spiro atoms. The molecule has 0 bridgehead atoms. The molecule has 1 fully saturated rings. The fraction of sp³-hybridized carbons (Fsp3) is 0.500. The Hall–Kier alpha value is -1.72. The Bertz CT molecular complexity index is 575. The van der Waals surface area contributed by atoms with Crippen molar-refractivity contribution in [3.63, 3.8) is 0 Å². The number of hydrogen-bond donors (Lipinski definition) is 1. The Morgan fingerprint density at radius 3 is 2.70 bits per heavy atom. The first-order valence-corrected chi connectivity index (χ1v) is 6.47. The quantitative estimate of drug-likeness (QED) is 0.862. The van der Waals surface area contributed by atoms with Crippen LogP contribution in [0.1, 0.15) is 25.3 Å². The second-order valence-electron chi connectivity index (χ2n) is 5.60. The molecule has 0 amide bonds. The molecule has 6 heteroatoms. The molecule has 108 valence electrons. The maximum absolute atomic E-state index is 14.1. The van der Waals surface area contributed by atoms with E-state index < -0.39 is 35.7 Å². The van der Waals surface area contributed by atoms with Crippen molar-refractivity contribution in [3.05, 3.63) is 35.6 Å². The van der Waals surface area contributed by atoms with Crippen LogP contribution in [0.5, 0.6) is 0 Å². The first-order chi connectivity index (χ1) is 9.32. The van der Waals surface area contributed by atoms with Gasteiger partial charge in [-0.2, -0.15) is 0 Å². The Morgan fingerprint density at radius 1 is 1.30 bits per heavy atom. The molecule has 3 atom stereocenters. The largest absolute Gasteiger partial charge is 0.461 e. The topological polar surface area (TPSA) is 47.6 Å². The molecule has 1 saturated carbocycles. The Morgan fingerprint density at radius 2 is 2.00 bits per heavy atom. The summed E-state index contributed by atoms with van der Waals surface area (Å²) in [4.78, 5) is 4.15. The molecule has 1 aliphatic carbocycles. The molecule has 0 saturated heterocycles. The number of halogens is 3. The van der Waals surface area contributed by atoms with Gasteiger partial charge in [-0.1, -0.05) is 18.2 Å².